The Hall–Kier alpha value is -4.67. The standard InChI is InChI=1S/C34H39N5O2.C2H6.C2H2/c1-5-6-12-25(2)22-39-31(28-13-9-7-8-10-14-28)21-33(40)36-34-29(15-11-18-38(34)39)19-27-16-17-30(32(20-27)41-4)37-23-26(3)35-24-37;2*1-2/h5-9,12-14,16-17,19-20,23-24,31H,10-11,15,18,21-22H2,1-4H3;1-2H3;1-2H/b6-5-,25-12+,29-19+;;. The summed E-state index contributed by atoms with van der Waals surface area (Å²) in [7, 11) is 1.68. The highest BCUT2D eigenvalue weighted by atomic mass is 16.5. The normalized spacial score (nSPS) is 19.4. The van der Waals surface area contributed by atoms with Crippen molar-refractivity contribution in [2.24, 2.45) is 4.99 Å². The largest absolute Gasteiger partial charge is 0.495 e. The molecule has 7 heteroatoms. The zero-order valence-electron chi connectivity index (χ0n) is 27.6. The van der Waals surface area contributed by atoms with Gasteiger partial charge in [0.05, 0.1) is 37.3 Å². The van der Waals surface area contributed by atoms with Crippen molar-refractivity contribution in [3.63, 3.8) is 0 Å². The molecule has 1 aliphatic carbocycles. The van der Waals surface area contributed by atoms with Gasteiger partial charge in [-0.25, -0.2) is 9.99 Å². The maximum atomic E-state index is 13.4. The summed E-state index contributed by atoms with van der Waals surface area (Å²) in [6.07, 6.45) is 33.9. The number of imidazole rings is 1. The lowest BCUT2D eigenvalue weighted by Gasteiger charge is -2.43. The van der Waals surface area contributed by atoms with Gasteiger partial charge >= 0.3 is 0 Å². The predicted molar refractivity (Wildman–Crippen MR) is 187 cm³/mol. The summed E-state index contributed by atoms with van der Waals surface area (Å²) >= 11 is 0. The van der Waals surface area contributed by atoms with E-state index in [4.69, 9.17) is 9.73 Å². The van der Waals surface area contributed by atoms with Crippen LogP contribution < -0.4 is 4.74 Å². The summed E-state index contributed by atoms with van der Waals surface area (Å²) in [4.78, 5) is 22.5. The van der Waals surface area contributed by atoms with E-state index in [9.17, 15) is 4.79 Å². The van der Waals surface area contributed by atoms with Crippen LogP contribution in [-0.4, -0.2) is 57.6 Å². The number of allylic oxidation sites excluding steroid dienone is 7. The fraction of sp³-hybridized carbons (Fsp3) is 0.342. The van der Waals surface area contributed by atoms with E-state index in [-0.39, 0.29) is 11.9 Å². The van der Waals surface area contributed by atoms with Crippen LogP contribution in [0.4, 0.5) is 0 Å². The summed E-state index contributed by atoms with van der Waals surface area (Å²) in [6, 6.07) is 6.07. The van der Waals surface area contributed by atoms with Gasteiger partial charge in [0.25, 0.3) is 0 Å². The highest BCUT2D eigenvalue weighted by Crippen LogP contribution is 2.32. The second-order valence-electron chi connectivity index (χ2n) is 10.7. The first-order valence-electron chi connectivity index (χ1n) is 15.7. The first-order chi connectivity index (χ1) is 22.0. The number of fused-ring (bicyclic) bond motifs is 1. The Bertz CT molecular complexity index is 1550. The molecule has 1 aromatic carbocycles. The highest BCUT2D eigenvalue weighted by Gasteiger charge is 2.36. The third-order valence-corrected chi connectivity index (χ3v) is 7.55. The third-order valence-electron chi connectivity index (χ3n) is 7.55. The molecule has 5 rings (SSSR count). The van der Waals surface area contributed by atoms with Crippen molar-refractivity contribution in [3.8, 4) is 24.3 Å². The Balaban J connectivity index is 0.00000133. The van der Waals surface area contributed by atoms with Gasteiger partial charge in [-0.05, 0) is 75.0 Å². The van der Waals surface area contributed by atoms with Crippen LogP contribution in [0.1, 0.15) is 64.6 Å². The number of ether oxygens (including phenoxy) is 1. The topological polar surface area (TPSA) is 63.0 Å². The Morgan fingerprint density at radius 1 is 1.20 bits per heavy atom. The average Bonchev–Trinajstić information content (AvgIpc) is 3.24. The first-order valence-corrected chi connectivity index (χ1v) is 15.7. The molecule has 0 radical (unpaired) electrons. The lowest BCUT2D eigenvalue weighted by atomic mass is 9.99. The minimum absolute atomic E-state index is 0.0877. The number of benzene rings is 1. The average molecular weight is 606 g/mol. The molecule has 0 N–H and O–H groups in total. The van der Waals surface area contributed by atoms with Gasteiger partial charge in [-0.15, -0.1) is 12.8 Å². The van der Waals surface area contributed by atoms with Crippen LogP contribution in [0.2, 0.25) is 0 Å². The van der Waals surface area contributed by atoms with Gasteiger partial charge in [0.1, 0.15) is 11.6 Å². The Kier molecular flexibility index (Phi) is 13.6. The zero-order valence-corrected chi connectivity index (χ0v) is 27.6. The van der Waals surface area contributed by atoms with Crippen LogP contribution in [0.15, 0.2) is 101 Å². The second kappa shape index (κ2) is 17.6. The molecule has 1 fully saturated rings. The van der Waals surface area contributed by atoms with Crippen molar-refractivity contribution >= 4 is 17.8 Å². The fourth-order valence-electron chi connectivity index (χ4n) is 5.57. The molecule has 236 valence electrons. The summed E-state index contributed by atoms with van der Waals surface area (Å²) in [5, 5.41) is 4.61. The molecule has 3 heterocycles. The molecule has 0 bridgehead atoms. The number of aliphatic imine (C=N–C) groups is 1. The van der Waals surface area contributed by atoms with E-state index in [1.807, 2.05) is 56.7 Å². The Morgan fingerprint density at radius 2 is 2.00 bits per heavy atom. The number of carbonyl (C=O) groups is 1. The van der Waals surface area contributed by atoms with Gasteiger partial charge in [-0.3, -0.25) is 9.80 Å². The number of terminal acetylenes is 1. The first kappa shape index (κ1) is 34.8. The van der Waals surface area contributed by atoms with E-state index in [2.05, 4.69) is 89.4 Å². The van der Waals surface area contributed by atoms with Gasteiger partial charge < -0.3 is 9.30 Å². The number of piperidine rings is 1. The molecule has 2 aromatic rings. The smallest absolute Gasteiger partial charge is 0.249 e. The van der Waals surface area contributed by atoms with E-state index in [0.29, 0.717) is 13.0 Å². The van der Waals surface area contributed by atoms with E-state index in [1.54, 1.807) is 13.4 Å². The van der Waals surface area contributed by atoms with Crippen LogP contribution in [0, 0.1) is 19.8 Å². The highest BCUT2D eigenvalue weighted by molar-refractivity contribution is 6.08. The van der Waals surface area contributed by atoms with Crippen LogP contribution in [-0.2, 0) is 4.79 Å². The van der Waals surface area contributed by atoms with Crippen molar-refractivity contribution in [3.05, 3.63) is 107 Å². The molecule has 1 aromatic heterocycles. The molecule has 7 nitrogen and oxygen atoms in total. The number of carbonyl (C=O) groups excluding carboxylic acids is 1. The van der Waals surface area contributed by atoms with Gasteiger partial charge in [0.15, 0.2) is 0 Å². The quantitative estimate of drug-likeness (QED) is 0.238. The van der Waals surface area contributed by atoms with E-state index in [1.165, 1.54) is 5.57 Å². The monoisotopic (exact) mass is 605 g/mol. The van der Waals surface area contributed by atoms with Gasteiger partial charge in [0.2, 0.25) is 5.91 Å². The summed E-state index contributed by atoms with van der Waals surface area (Å²) in [5.41, 5.74) is 6.33. The fourth-order valence-corrected chi connectivity index (χ4v) is 5.57. The Labute approximate surface area is 269 Å². The van der Waals surface area contributed by atoms with E-state index >= 15 is 0 Å². The number of amides is 1. The number of hydrogen-bond donors (Lipinski definition) is 0. The summed E-state index contributed by atoms with van der Waals surface area (Å²) < 4.78 is 7.72. The van der Waals surface area contributed by atoms with Crippen molar-refractivity contribution in [1.82, 2.24) is 19.6 Å². The molecular formula is C38H47N5O2. The molecule has 45 heavy (non-hydrogen) atoms. The van der Waals surface area contributed by atoms with Gasteiger partial charge in [0, 0.05) is 19.3 Å². The van der Waals surface area contributed by atoms with Gasteiger partial charge in [-0.1, -0.05) is 74.1 Å². The minimum Gasteiger partial charge on any atom is -0.495 e. The number of aromatic nitrogens is 2. The maximum absolute atomic E-state index is 13.4. The van der Waals surface area contributed by atoms with E-state index in [0.717, 1.165) is 65.5 Å². The minimum atomic E-state index is -0.0915. The van der Waals surface area contributed by atoms with Gasteiger partial charge in [-0.2, -0.15) is 4.99 Å². The number of rotatable bonds is 7. The molecule has 1 unspecified atom stereocenters. The maximum Gasteiger partial charge on any atom is 0.249 e. The van der Waals surface area contributed by atoms with Crippen LogP contribution in [0.5, 0.6) is 5.75 Å². The summed E-state index contributed by atoms with van der Waals surface area (Å²) in [5.74, 6) is 1.43. The van der Waals surface area contributed by atoms with Crippen LogP contribution >= 0.6 is 0 Å². The molecule has 1 saturated heterocycles. The lowest BCUT2D eigenvalue weighted by molar-refractivity contribution is -0.118. The molecule has 1 amide bonds. The number of hydrazine groups is 1. The lowest BCUT2D eigenvalue weighted by Crippen LogP contribution is -2.54. The summed E-state index contributed by atoms with van der Waals surface area (Å²) in [6.45, 7) is 11.7. The van der Waals surface area contributed by atoms with Crippen molar-refractivity contribution in [2.45, 2.75) is 66.3 Å². The number of aryl methyl sites for hydroxylation is 1. The van der Waals surface area contributed by atoms with Crippen LogP contribution in [0.3, 0.4) is 0 Å². The van der Waals surface area contributed by atoms with Crippen molar-refractivity contribution in [2.75, 3.05) is 20.2 Å². The predicted octanol–water partition coefficient (Wildman–Crippen LogP) is 7.82. The number of hydrogen-bond acceptors (Lipinski definition) is 5. The van der Waals surface area contributed by atoms with Crippen molar-refractivity contribution < 1.29 is 9.53 Å². The third kappa shape index (κ3) is 8.93. The molecule has 2 aliphatic heterocycles. The van der Waals surface area contributed by atoms with E-state index < -0.39 is 0 Å². The molecule has 0 saturated carbocycles. The molecule has 3 aliphatic rings. The zero-order chi connectivity index (χ0) is 32.8. The number of amidine groups is 1. The molecule has 1 atom stereocenters. The van der Waals surface area contributed by atoms with Crippen molar-refractivity contribution in [1.29, 1.82) is 0 Å². The molecular weight excluding hydrogens is 558 g/mol. The van der Waals surface area contributed by atoms with Crippen LogP contribution in [0.25, 0.3) is 11.8 Å². The molecule has 0 spiro atoms. The Morgan fingerprint density at radius 3 is 2.71 bits per heavy atom. The number of methoxy groups -OCH3 is 1. The second-order valence-corrected chi connectivity index (χ2v) is 10.7. The SMILES string of the molecule is C#C.C/C=C\C=C(/C)CN1C(C2=CCC=CC=C2)CC(=O)N=C2/C(=C/c3ccc(-n4cnc(C)c4)c(OC)c3)CCCN21.CC. The number of nitrogens with zero attached hydrogens (tertiary/aromatic N) is 5.